The highest BCUT2D eigenvalue weighted by atomic mass is 127. The normalized spacial score (nSPS) is 12.4. The second kappa shape index (κ2) is 13.0. The Morgan fingerprint density at radius 3 is 2.37 bits per heavy atom. The van der Waals surface area contributed by atoms with Crippen LogP contribution in [0.3, 0.4) is 0 Å². The summed E-state index contributed by atoms with van der Waals surface area (Å²) in [5.41, 5.74) is -0.948. The number of nitrogens with one attached hydrogen (secondary N) is 3. The van der Waals surface area contributed by atoms with Gasteiger partial charge in [0.1, 0.15) is 11.4 Å². The quantitative estimate of drug-likeness (QED) is 0.253. The molecule has 0 radical (unpaired) electrons. The number of carbonyl (C=O) groups is 1. The zero-order valence-electron chi connectivity index (χ0n) is 19.8. The lowest BCUT2D eigenvalue weighted by Gasteiger charge is -2.34. The van der Waals surface area contributed by atoms with Gasteiger partial charge in [-0.15, -0.1) is 24.0 Å². The van der Waals surface area contributed by atoms with E-state index in [9.17, 15) is 4.79 Å². The Morgan fingerprint density at radius 1 is 1.23 bits per heavy atom. The van der Waals surface area contributed by atoms with Crippen LogP contribution in [0.15, 0.2) is 17.4 Å². The number of aromatic nitrogens is 2. The molecule has 1 aromatic heterocycles. The molecule has 0 atom stereocenters. The minimum absolute atomic E-state index is 0. The molecule has 0 saturated heterocycles. The molecule has 174 valence electrons. The molecule has 0 saturated carbocycles. The maximum atomic E-state index is 12.3. The minimum Gasteiger partial charge on any atom is -0.444 e. The third-order valence-corrected chi connectivity index (χ3v) is 4.71. The molecule has 0 unspecified atom stereocenters. The van der Waals surface area contributed by atoms with E-state index in [2.05, 4.69) is 58.2 Å². The Hall–Kier alpha value is -1.52. The van der Waals surface area contributed by atoms with E-state index >= 15 is 0 Å². The molecule has 1 amide bonds. The molecular weight excluding hydrogens is 495 g/mol. The lowest BCUT2D eigenvalue weighted by Crippen LogP contribution is -2.57. The fourth-order valence-electron chi connectivity index (χ4n) is 2.94. The van der Waals surface area contributed by atoms with Crippen molar-refractivity contribution in [1.29, 1.82) is 0 Å². The summed E-state index contributed by atoms with van der Waals surface area (Å²) in [6.07, 6.45) is 4.95. The Kier molecular flexibility index (Phi) is 12.4. The first-order valence-electron chi connectivity index (χ1n) is 10.5. The first kappa shape index (κ1) is 28.5. The third kappa shape index (κ3) is 9.99. The number of imidazole rings is 1. The predicted octanol–water partition coefficient (Wildman–Crippen LogP) is 3.91. The highest BCUT2D eigenvalue weighted by Crippen LogP contribution is 2.16. The van der Waals surface area contributed by atoms with Gasteiger partial charge >= 0.3 is 6.09 Å². The summed E-state index contributed by atoms with van der Waals surface area (Å²) in [5, 5.41) is 9.69. The molecule has 1 heterocycles. The summed E-state index contributed by atoms with van der Waals surface area (Å²) >= 11 is 0. The van der Waals surface area contributed by atoms with E-state index in [0.29, 0.717) is 25.0 Å². The second-order valence-corrected chi connectivity index (χ2v) is 8.78. The van der Waals surface area contributed by atoms with Crippen molar-refractivity contribution >= 4 is 36.0 Å². The van der Waals surface area contributed by atoms with Crippen molar-refractivity contribution in [2.45, 2.75) is 85.5 Å². The molecule has 30 heavy (non-hydrogen) atoms. The number of ether oxygens (including phenoxy) is 1. The first-order chi connectivity index (χ1) is 13.5. The SMILES string of the molecule is CCC(CC)(CNC(=NC)NCc1nccn1CC(C)C)NC(=O)OC(C)(C)C.I. The van der Waals surface area contributed by atoms with E-state index in [1.165, 1.54) is 0 Å². The molecule has 0 aliphatic carbocycles. The molecule has 0 fully saturated rings. The average Bonchev–Trinajstić information content (AvgIpc) is 3.05. The van der Waals surface area contributed by atoms with Crippen LogP contribution in [-0.2, 0) is 17.8 Å². The molecule has 9 heteroatoms. The number of hydrogen-bond acceptors (Lipinski definition) is 4. The van der Waals surface area contributed by atoms with Crippen LogP contribution < -0.4 is 16.0 Å². The molecule has 3 N–H and O–H groups in total. The van der Waals surface area contributed by atoms with Crippen LogP contribution in [0.5, 0.6) is 0 Å². The van der Waals surface area contributed by atoms with Crippen molar-refractivity contribution in [2.24, 2.45) is 10.9 Å². The smallest absolute Gasteiger partial charge is 0.408 e. The summed E-state index contributed by atoms with van der Waals surface area (Å²) in [5.74, 6) is 2.18. The fraction of sp³-hybridized carbons (Fsp3) is 0.762. The van der Waals surface area contributed by atoms with Crippen LogP contribution in [0.4, 0.5) is 4.79 Å². The van der Waals surface area contributed by atoms with Gasteiger partial charge < -0.3 is 25.3 Å². The van der Waals surface area contributed by atoms with E-state index in [-0.39, 0.29) is 24.0 Å². The van der Waals surface area contributed by atoms with Gasteiger partial charge in [0, 0.05) is 32.5 Å². The van der Waals surface area contributed by atoms with E-state index in [1.807, 2.05) is 33.2 Å². The number of carbonyl (C=O) groups excluding carboxylic acids is 1. The predicted molar refractivity (Wildman–Crippen MR) is 133 cm³/mol. The van der Waals surface area contributed by atoms with Gasteiger partial charge in [-0.1, -0.05) is 27.7 Å². The Labute approximate surface area is 199 Å². The molecule has 8 nitrogen and oxygen atoms in total. The average molecular weight is 537 g/mol. The maximum Gasteiger partial charge on any atom is 0.408 e. The van der Waals surface area contributed by atoms with E-state index < -0.39 is 17.2 Å². The Bertz CT molecular complexity index is 663. The monoisotopic (exact) mass is 536 g/mol. The number of rotatable bonds is 9. The first-order valence-corrected chi connectivity index (χ1v) is 10.5. The van der Waals surface area contributed by atoms with Crippen LogP contribution in [0.2, 0.25) is 0 Å². The molecule has 0 aliphatic heterocycles. The highest BCUT2D eigenvalue weighted by molar-refractivity contribution is 14.0. The fourth-order valence-corrected chi connectivity index (χ4v) is 2.94. The summed E-state index contributed by atoms with van der Waals surface area (Å²) in [7, 11) is 1.73. The summed E-state index contributed by atoms with van der Waals surface area (Å²) in [4.78, 5) is 21.0. The lowest BCUT2D eigenvalue weighted by molar-refractivity contribution is 0.0448. The van der Waals surface area contributed by atoms with Crippen molar-refractivity contribution in [3.63, 3.8) is 0 Å². The number of aliphatic imine (C=N–C) groups is 1. The number of alkyl carbamates (subject to hydrolysis) is 1. The van der Waals surface area contributed by atoms with E-state index in [0.717, 1.165) is 25.2 Å². The van der Waals surface area contributed by atoms with Gasteiger partial charge in [-0.25, -0.2) is 9.78 Å². The number of nitrogens with zero attached hydrogens (tertiary/aromatic N) is 3. The summed E-state index contributed by atoms with van der Waals surface area (Å²) < 4.78 is 7.59. The zero-order valence-corrected chi connectivity index (χ0v) is 22.2. The molecule has 0 aliphatic rings. The van der Waals surface area contributed by atoms with Gasteiger partial charge in [-0.2, -0.15) is 0 Å². The van der Waals surface area contributed by atoms with Gasteiger partial charge in [0.2, 0.25) is 0 Å². The standard InChI is InChI=1S/C21H40N6O2.HI/c1-9-21(10-2,26-19(28)29-20(5,6)7)15-25-18(22-8)24-13-17-23-11-12-27(17)14-16(3)4;/h11-12,16H,9-10,13-15H2,1-8H3,(H,26,28)(H2,22,24,25);1H. The number of guanidine groups is 1. The van der Waals surface area contributed by atoms with Crippen molar-refractivity contribution in [3.8, 4) is 0 Å². The van der Waals surface area contributed by atoms with Crippen molar-refractivity contribution < 1.29 is 9.53 Å². The number of halogens is 1. The van der Waals surface area contributed by atoms with Gasteiger partial charge in [-0.05, 0) is 39.5 Å². The lowest BCUT2D eigenvalue weighted by atomic mass is 9.93. The molecule has 0 bridgehead atoms. The molecular formula is C21H41IN6O2. The number of hydrogen-bond donors (Lipinski definition) is 3. The topological polar surface area (TPSA) is 92.6 Å². The minimum atomic E-state index is -0.528. The van der Waals surface area contributed by atoms with E-state index in [1.54, 1.807) is 7.05 Å². The summed E-state index contributed by atoms with van der Waals surface area (Å²) in [6, 6.07) is 0. The van der Waals surface area contributed by atoms with Gasteiger partial charge in [0.05, 0.1) is 12.1 Å². The van der Waals surface area contributed by atoms with Crippen LogP contribution in [-0.4, -0.2) is 46.3 Å². The van der Waals surface area contributed by atoms with Gasteiger partial charge in [0.25, 0.3) is 0 Å². The Balaban J connectivity index is 0.00000841. The third-order valence-electron chi connectivity index (χ3n) is 4.71. The molecule has 1 aromatic rings. The van der Waals surface area contributed by atoms with Gasteiger partial charge in [0.15, 0.2) is 5.96 Å². The molecule has 1 rings (SSSR count). The Morgan fingerprint density at radius 2 is 1.87 bits per heavy atom. The van der Waals surface area contributed by atoms with Crippen molar-refractivity contribution in [1.82, 2.24) is 25.5 Å². The maximum absolute atomic E-state index is 12.3. The van der Waals surface area contributed by atoms with Crippen LogP contribution in [0.1, 0.15) is 67.1 Å². The highest BCUT2D eigenvalue weighted by Gasteiger charge is 2.30. The van der Waals surface area contributed by atoms with Gasteiger partial charge in [-0.3, -0.25) is 4.99 Å². The summed E-state index contributed by atoms with van der Waals surface area (Å²) in [6.45, 7) is 16.1. The zero-order chi connectivity index (χ0) is 22.1. The van der Waals surface area contributed by atoms with E-state index in [4.69, 9.17) is 4.74 Å². The second-order valence-electron chi connectivity index (χ2n) is 8.78. The van der Waals surface area contributed by atoms with Crippen LogP contribution in [0.25, 0.3) is 0 Å². The van der Waals surface area contributed by atoms with Crippen LogP contribution in [0, 0.1) is 5.92 Å². The molecule has 0 aromatic carbocycles. The number of amides is 1. The molecule has 0 spiro atoms. The van der Waals surface area contributed by atoms with Crippen molar-refractivity contribution in [3.05, 3.63) is 18.2 Å². The van der Waals surface area contributed by atoms with Crippen LogP contribution >= 0.6 is 24.0 Å². The largest absolute Gasteiger partial charge is 0.444 e. The van der Waals surface area contributed by atoms with Crippen molar-refractivity contribution in [2.75, 3.05) is 13.6 Å².